The van der Waals surface area contributed by atoms with Crippen LogP contribution in [0.4, 0.5) is 11.6 Å². The highest BCUT2D eigenvalue weighted by molar-refractivity contribution is 6.06. The normalized spacial score (nSPS) is 19.7. The molecule has 3 heterocycles. The van der Waals surface area contributed by atoms with Crippen LogP contribution in [0.5, 0.6) is 0 Å². The Bertz CT molecular complexity index is 1000. The van der Waals surface area contributed by atoms with Gasteiger partial charge in [-0.05, 0) is 24.5 Å². The number of rotatable bonds is 3. The average molecular weight is 348 g/mol. The number of aromatic nitrogens is 4. The molecular weight excluding hydrogens is 328 g/mol. The van der Waals surface area contributed by atoms with Crippen LogP contribution in [0.25, 0.3) is 11.0 Å². The van der Waals surface area contributed by atoms with Gasteiger partial charge in [-0.15, -0.1) is 0 Å². The Morgan fingerprint density at radius 3 is 2.81 bits per heavy atom. The van der Waals surface area contributed by atoms with Crippen molar-refractivity contribution in [2.45, 2.75) is 37.6 Å². The van der Waals surface area contributed by atoms with Gasteiger partial charge < -0.3 is 10.6 Å². The fourth-order valence-corrected chi connectivity index (χ4v) is 4.11. The summed E-state index contributed by atoms with van der Waals surface area (Å²) in [7, 11) is 1.78. The quantitative estimate of drug-likeness (QED) is 0.760. The van der Waals surface area contributed by atoms with E-state index in [0.717, 1.165) is 29.5 Å². The Morgan fingerprint density at radius 2 is 2.00 bits per heavy atom. The van der Waals surface area contributed by atoms with Crippen molar-refractivity contribution >= 4 is 28.6 Å². The molecule has 2 aromatic heterocycles. The summed E-state index contributed by atoms with van der Waals surface area (Å²) in [6.45, 7) is 0. The molecule has 1 aliphatic carbocycles. The predicted molar refractivity (Wildman–Crippen MR) is 99.3 cm³/mol. The Balaban J connectivity index is 1.70. The van der Waals surface area contributed by atoms with Crippen LogP contribution in [0.1, 0.15) is 48.9 Å². The van der Waals surface area contributed by atoms with Crippen molar-refractivity contribution in [3.05, 3.63) is 41.7 Å². The van der Waals surface area contributed by atoms with Gasteiger partial charge in [0.05, 0.1) is 17.1 Å². The molecule has 0 saturated heterocycles. The number of amides is 1. The molecule has 7 heteroatoms. The number of anilines is 2. The molecule has 2 aliphatic rings. The molecule has 1 amide bonds. The maximum Gasteiger partial charge on any atom is 0.238 e. The van der Waals surface area contributed by atoms with Gasteiger partial charge in [0, 0.05) is 18.9 Å². The second-order valence-corrected chi connectivity index (χ2v) is 6.98. The average Bonchev–Trinajstić information content (AvgIpc) is 3.37. The SMILES string of the molecule is CNc1nc(C2C(=O)Nc3ccccc32)c2cn(C3CCCC3)nc2n1. The largest absolute Gasteiger partial charge is 0.357 e. The van der Waals surface area contributed by atoms with Crippen molar-refractivity contribution in [3.63, 3.8) is 0 Å². The summed E-state index contributed by atoms with van der Waals surface area (Å²) < 4.78 is 2.02. The summed E-state index contributed by atoms with van der Waals surface area (Å²) in [4.78, 5) is 21.9. The van der Waals surface area contributed by atoms with Crippen molar-refractivity contribution in [2.75, 3.05) is 17.7 Å². The van der Waals surface area contributed by atoms with Gasteiger partial charge in [0.2, 0.25) is 11.9 Å². The van der Waals surface area contributed by atoms with Gasteiger partial charge in [-0.1, -0.05) is 31.0 Å². The number of carbonyl (C=O) groups is 1. The summed E-state index contributed by atoms with van der Waals surface area (Å²) in [6.07, 6.45) is 6.78. The number of hydrogen-bond acceptors (Lipinski definition) is 5. The molecule has 1 atom stereocenters. The zero-order valence-electron chi connectivity index (χ0n) is 14.6. The first-order chi connectivity index (χ1) is 12.7. The molecule has 1 unspecified atom stereocenters. The zero-order valence-corrected chi connectivity index (χ0v) is 14.6. The number of carbonyl (C=O) groups excluding carboxylic acids is 1. The third kappa shape index (κ3) is 2.27. The van der Waals surface area contributed by atoms with Gasteiger partial charge in [-0.2, -0.15) is 10.1 Å². The number of hydrogen-bond donors (Lipinski definition) is 2. The molecular formula is C19H20N6O. The van der Waals surface area contributed by atoms with Gasteiger partial charge in [0.25, 0.3) is 0 Å². The van der Waals surface area contributed by atoms with Gasteiger partial charge in [0.1, 0.15) is 5.92 Å². The molecule has 1 aromatic carbocycles. The summed E-state index contributed by atoms with van der Waals surface area (Å²) >= 11 is 0. The topological polar surface area (TPSA) is 84.7 Å². The summed E-state index contributed by atoms with van der Waals surface area (Å²) in [5.41, 5.74) is 3.16. The van der Waals surface area contributed by atoms with Crippen molar-refractivity contribution in [3.8, 4) is 0 Å². The highest BCUT2D eigenvalue weighted by Gasteiger charge is 2.35. The zero-order chi connectivity index (χ0) is 17.7. The maximum absolute atomic E-state index is 12.7. The van der Waals surface area contributed by atoms with Gasteiger partial charge in [0.15, 0.2) is 5.65 Å². The van der Waals surface area contributed by atoms with Crippen LogP contribution in [0, 0.1) is 0 Å². The molecule has 3 aromatic rings. The van der Waals surface area contributed by atoms with Crippen LogP contribution in [-0.4, -0.2) is 32.7 Å². The number of para-hydroxylation sites is 1. The summed E-state index contributed by atoms with van der Waals surface area (Å²) in [6, 6.07) is 8.19. The lowest BCUT2D eigenvalue weighted by Gasteiger charge is -2.10. The van der Waals surface area contributed by atoms with Gasteiger partial charge in [-0.3, -0.25) is 9.48 Å². The van der Waals surface area contributed by atoms with E-state index in [1.54, 1.807) is 7.05 Å². The van der Waals surface area contributed by atoms with Gasteiger partial charge in [-0.25, -0.2) is 4.98 Å². The van der Waals surface area contributed by atoms with E-state index in [2.05, 4.69) is 20.6 Å². The summed E-state index contributed by atoms with van der Waals surface area (Å²) in [5, 5.41) is 11.5. The molecule has 1 aliphatic heterocycles. The van der Waals surface area contributed by atoms with Crippen LogP contribution >= 0.6 is 0 Å². The van der Waals surface area contributed by atoms with Crippen LogP contribution in [0.15, 0.2) is 30.5 Å². The molecule has 0 bridgehead atoms. The van der Waals surface area contributed by atoms with Crippen LogP contribution < -0.4 is 10.6 Å². The fraction of sp³-hybridized carbons (Fsp3) is 0.368. The summed E-state index contributed by atoms with van der Waals surface area (Å²) in [5.74, 6) is -0.00625. The third-order valence-electron chi connectivity index (χ3n) is 5.41. The Kier molecular flexibility index (Phi) is 3.41. The van der Waals surface area contributed by atoms with E-state index in [0.29, 0.717) is 23.3 Å². The molecule has 132 valence electrons. The number of nitrogens with zero attached hydrogens (tertiary/aromatic N) is 4. The molecule has 7 nitrogen and oxygen atoms in total. The Labute approximate surface area is 150 Å². The molecule has 1 saturated carbocycles. The van der Waals surface area contributed by atoms with Gasteiger partial charge >= 0.3 is 0 Å². The monoisotopic (exact) mass is 348 g/mol. The highest BCUT2D eigenvalue weighted by atomic mass is 16.2. The Morgan fingerprint density at radius 1 is 1.19 bits per heavy atom. The lowest BCUT2D eigenvalue weighted by Crippen LogP contribution is -2.15. The van der Waals surface area contributed by atoms with E-state index in [4.69, 9.17) is 5.10 Å². The molecule has 1 fully saturated rings. The minimum Gasteiger partial charge on any atom is -0.357 e. The smallest absolute Gasteiger partial charge is 0.238 e. The van der Waals surface area contributed by atoms with Crippen molar-refractivity contribution in [1.29, 1.82) is 0 Å². The fourth-order valence-electron chi connectivity index (χ4n) is 4.11. The van der Waals surface area contributed by atoms with Crippen LogP contribution in [-0.2, 0) is 4.79 Å². The molecule has 26 heavy (non-hydrogen) atoms. The minimum absolute atomic E-state index is 0.0538. The lowest BCUT2D eigenvalue weighted by molar-refractivity contribution is -0.116. The first kappa shape index (κ1) is 15.3. The standard InChI is InChI=1S/C19H20N6O/c1-20-19-22-16(15-12-8-4-5-9-14(12)21-18(15)26)13-10-25(24-17(13)23-19)11-6-2-3-7-11/h4-5,8-11,15H,2-3,6-7H2,1H3,(H,21,26)(H,20,23,24). The number of nitrogens with one attached hydrogen (secondary N) is 2. The lowest BCUT2D eigenvalue weighted by atomic mass is 9.95. The van der Waals surface area contributed by atoms with Crippen molar-refractivity contribution < 1.29 is 4.79 Å². The van der Waals surface area contributed by atoms with E-state index >= 15 is 0 Å². The maximum atomic E-state index is 12.7. The Hall–Kier alpha value is -2.96. The number of fused-ring (bicyclic) bond motifs is 2. The van der Waals surface area contributed by atoms with Crippen LogP contribution in [0.3, 0.4) is 0 Å². The van der Waals surface area contributed by atoms with E-state index in [1.165, 1.54) is 12.8 Å². The molecule has 0 radical (unpaired) electrons. The minimum atomic E-state index is -0.440. The predicted octanol–water partition coefficient (Wildman–Crippen LogP) is 3.07. The van der Waals surface area contributed by atoms with E-state index in [-0.39, 0.29) is 5.91 Å². The van der Waals surface area contributed by atoms with Crippen molar-refractivity contribution in [1.82, 2.24) is 19.7 Å². The first-order valence-electron chi connectivity index (χ1n) is 9.09. The highest BCUT2D eigenvalue weighted by Crippen LogP contribution is 2.39. The molecule has 0 spiro atoms. The van der Waals surface area contributed by atoms with E-state index in [1.807, 2.05) is 35.1 Å². The van der Waals surface area contributed by atoms with Crippen molar-refractivity contribution in [2.24, 2.45) is 0 Å². The van der Waals surface area contributed by atoms with E-state index < -0.39 is 5.92 Å². The second-order valence-electron chi connectivity index (χ2n) is 6.98. The third-order valence-corrected chi connectivity index (χ3v) is 5.41. The van der Waals surface area contributed by atoms with Crippen LogP contribution in [0.2, 0.25) is 0 Å². The molecule has 5 rings (SSSR count). The molecule has 2 N–H and O–H groups in total. The first-order valence-corrected chi connectivity index (χ1v) is 9.09. The second kappa shape index (κ2) is 5.79. The number of benzene rings is 1. The van der Waals surface area contributed by atoms with E-state index in [9.17, 15) is 4.79 Å².